The highest BCUT2D eigenvalue weighted by atomic mass is 79.9. The Bertz CT molecular complexity index is 372. The molecule has 1 heterocycles. The highest BCUT2D eigenvalue weighted by Crippen LogP contribution is 2.30. The first-order chi connectivity index (χ1) is 8.12. The maximum Gasteiger partial charge on any atom is 0.0915 e. The smallest absolute Gasteiger partial charge is 0.0915 e. The van der Waals surface area contributed by atoms with Crippen molar-refractivity contribution in [3.63, 3.8) is 0 Å². The molecule has 2 unspecified atom stereocenters. The standard InChI is InChI=1S/C14H19BrO2/c1-14(8-4-5-9-17-14)13(16)10-11-6-2-3-7-12(11)15/h2-3,6-7,13,16H,4-5,8-10H2,1H3. The van der Waals surface area contributed by atoms with Crippen LogP contribution in [0.1, 0.15) is 31.7 Å². The van der Waals surface area contributed by atoms with Crippen LogP contribution >= 0.6 is 15.9 Å². The molecule has 1 aromatic rings. The molecule has 0 aliphatic carbocycles. The van der Waals surface area contributed by atoms with Gasteiger partial charge in [-0.1, -0.05) is 34.1 Å². The zero-order valence-corrected chi connectivity index (χ0v) is 11.7. The average Bonchev–Trinajstić information content (AvgIpc) is 2.33. The van der Waals surface area contributed by atoms with Crippen molar-refractivity contribution in [2.45, 2.75) is 44.3 Å². The first-order valence-electron chi connectivity index (χ1n) is 6.17. The van der Waals surface area contributed by atoms with Crippen LogP contribution < -0.4 is 0 Å². The first-order valence-corrected chi connectivity index (χ1v) is 6.96. The fourth-order valence-corrected chi connectivity index (χ4v) is 2.75. The van der Waals surface area contributed by atoms with Crippen molar-refractivity contribution in [2.24, 2.45) is 0 Å². The van der Waals surface area contributed by atoms with Gasteiger partial charge in [0.25, 0.3) is 0 Å². The van der Waals surface area contributed by atoms with Crippen molar-refractivity contribution in [1.29, 1.82) is 0 Å². The summed E-state index contributed by atoms with van der Waals surface area (Å²) < 4.78 is 6.83. The number of hydrogen-bond donors (Lipinski definition) is 1. The molecule has 0 saturated carbocycles. The van der Waals surface area contributed by atoms with Gasteiger partial charge in [0, 0.05) is 17.5 Å². The maximum atomic E-state index is 10.4. The minimum atomic E-state index is -0.443. The largest absolute Gasteiger partial charge is 0.390 e. The fraction of sp³-hybridized carbons (Fsp3) is 0.571. The van der Waals surface area contributed by atoms with Gasteiger partial charge in [-0.05, 0) is 37.8 Å². The Kier molecular flexibility index (Phi) is 4.23. The van der Waals surface area contributed by atoms with Crippen LogP contribution in [-0.2, 0) is 11.2 Å². The van der Waals surface area contributed by atoms with Gasteiger partial charge >= 0.3 is 0 Å². The summed E-state index contributed by atoms with van der Waals surface area (Å²) in [6.07, 6.45) is 3.39. The molecule has 0 bridgehead atoms. The highest BCUT2D eigenvalue weighted by molar-refractivity contribution is 9.10. The van der Waals surface area contributed by atoms with Crippen molar-refractivity contribution >= 4 is 15.9 Å². The lowest BCUT2D eigenvalue weighted by molar-refractivity contribution is -0.135. The molecule has 1 aliphatic rings. The quantitative estimate of drug-likeness (QED) is 0.928. The second-order valence-electron chi connectivity index (χ2n) is 4.93. The number of aliphatic hydroxyl groups is 1. The molecule has 1 N–H and O–H groups in total. The molecule has 17 heavy (non-hydrogen) atoms. The number of benzene rings is 1. The van der Waals surface area contributed by atoms with Crippen molar-refractivity contribution in [3.05, 3.63) is 34.3 Å². The van der Waals surface area contributed by atoms with Crippen molar-refractivity contribution in [2.75, 3.05) is 6.61 Å². The molecule has 2 atom stereocenters. The van der Waals surface area contributed by atoms with Gasteiger partial charge in [0.15, 0.2) is 0 Å². The number of rotatable bonds is 3. The summed E-state index contributed by atoms with van der Waals surface area (Å²) in [5, 5.41) is 10.4. The van der Waals surface area contributed by atoms with Gasteiger partial charge in [-0.2, -0.15) is 0 Å². The molecular weight excluding hydrogens is 280 g/mol. The van der Waals surface area contributed by atoms with E-state index >= 15 is 0 Å². The van der Waals surface area contributed by atoms with Gasteiger partial charge in [0.2, 0.25) is 0 Å². The Labute approximate surface area is 111 Å². The van der Waals surface area contributed by atoms with Crippen LogP contribution in [0.2, 0.25) is 0 Å². The predicted octanol–water partition coefficient (Wildman–Crippen LogP) is 3.31. The summed E-state index contributed by atoms with van der Waals surface area (Å²) in [6, 6.07) is 8.03. The number of halogens is 1. The fourth-order valence-electron chi connectivity index (χ4n) is 2.31. The molecule has 0 spiro atoms. The second-order valence-corrected chi connectivity index (χ2v) is 5.78. The summed E-state index contributed by atoms with van der Waals surface area (Å²) in [5.41, 5.74) is 0.753. The minimum Gasteiger partial charge on any atom is -0.390 e. The van der Waals surface area contributed by atoms with E-state index in [2.05, 4.69) is 15.9 Å². The van der Waals surface area contributed by atoms with E-state index in [-0.39, 0.29) is 5.60 Å². The van der Waals surface area contributed by atoms with Crippen LogP contribution in [0.4, 0.5) is 0 Å². The lowest BCUT2D eigenvalue weighted by Crippen LogP contribution is -2.45. The van der Waals surface area contributed by atoms with E-state index < -0.39 is 6.10 Å². The van der Waals surface area contributed by atoms with Crippen LogP contribution in [0.5, 0.6) is 0 Å². The van der Waals surface area contributed by atoms with E-state index in [0.717, 1.165) is 35.9 Å². The van der Waals surface area contributed by atoms with Crippen LogP contribution in [0.25, 0.3) is 0 Å². The maximum absolute atomic E-state index is 10.4. The molecule has 2 rings (SSSR count). The molecular formula is C14H19BrO2. The molecule has 1 aliphatic heterocycles. The third kappa shape index (κ3) is 3.09. The van der Waals surface area contributed by atoms with Crippen molar-refractivity contribution in [3.8, 4) is 0 Å². The molecule has 0 radical (unpaired) electrons. The van der Waals surface area contributed by atoms with Crippen molar-refractivity contribution < 1.29 is 9.84 Å². The number of hydrogen-bond acceptors (Lipinski definition) is 2. The minimum absolute atomic E-state index is 0.381. The van der Waals surface area contributed by atoms with E-state index in [1.54, 1.807) is 0 Å². The van der Waals surface area contributed by atoms with E-state index in [0.29, 0.717) is 6.42 Å². The number of ether oxygens (including phenoxy) is 1. The molecule has 3 heteroatoms. The van der Waals surface area contributed by atoms with Gasteiger partial charge in [0.05, 0.1) is 11.7 Å². The Morgan fingerprint density at radius 3 is 2.82 bits per heavy atom. The van der Waals surface area contributed by atoms with E-state index in [4.69, 9.17) is 4.74 Å². The summed E-state index contributed by atoms with van der Waals surface area (Å²) in [6.45, 7) is 2.79. The first kappa shape index (κ1) is 13.1. The summed E-state index contributed by atoms with van der Waals surface area (Å²) in [5.74, 6) is 0. The van der Waals surface area contributed by atoms with Crippen LogP contribution in [-0.4, -0.2) is 23.4 Å². The zero-order valence-electron chi connectivity index (χ0n) is 10.2. The molecule has 2 nitrogen and oxygen atoms in total. The molecule has 1 aromatic carbocycles. The molecule has 1 saturated heterocycles. The third-order valence-corrected chi connectivity index (χ3v) is 4.35. The van der Waals surface area contributed by atoms with Crippen LogP contribution in [0.3, 0.4) is 0 Å². The highest BCUT2D eigenvalue weighted by Gasteiger charge is 2.35. The lowest BCUT2D eigenvalue weighted by atomic mass is 9.87. The molecule has 1 fully saturated rings. The van der Waals surface area contributed by atoms with Gasteiger partial charge in [0.1, 0.15) is 0 Å². The SMILES string of the molecule is CC1(C(O)Cc2ccccc2Br)CCCCO1. The van der Waals surface area contributed by atoms with Gasteiger partial charge in [-0.25, -0.2) is 0 Å². The van der Waals surface area contributed by atoms with Crippen LogP contribution in [0, 0.1) is 0 Å². The summed E-state index contributed by atoms with van der Waals surface area (Å²) >= 11 is 3.51. The number of aliphatic hydroxyl groups excluding tert-OH is 1. The van der Waals surface area contributed by atoms with Crippen molar-refractivity contribution in [1.82, 2.24) is 0 Å². The summed E-state index contributed by atoms with van der Waals surface area (Å²) in [7, 11) is 0. The second kappa shape index (κ2) is 5.51. The van der Waals surface area contributed by atoms with E-state index in [1.165, 1.54) is 0 Å². The van der Waals surface area contributed by atoms with Gasteiger partial charge in [-0.15, -0.1) is 0 Å². The molecule has 0 amide bonds. The Balaban J connectivity index is 2.05. The topological polar surface area (TPSA) is 29.5 Å². The van der Waals surface area contributed by atoms with Crippen LogP contribution in [0.15, 0.2) is 28.7 Å². The van der Waals surface area contributed by atoms with E-state index in [1.807, 2.05) is 31.2 Å². The Morgan fingerprint density at radius 1 is 1.41 bits per heavy atom. The normalized spacial score (nSPS) is 26.8. The third-order valence-electron chi connectivity index (χ3n) is 3.58. The van der Waals surface area contributed by atoms with Gasteiger partial charge in [-0.3, -0.25) is 0 Å². The average molecular weight is 299 g/mol. The molecule has 0 aromatic heterocycles. The Hall–Kier alpha value is -0.380. The summed E-state index contributed by atoms with van der Waals surface area (Å²) in [4.78, 5) is 0. The van der Waals surface area contributed by atoms with Gasteiger partial charge < -0.3 is 9.84 Å². The zero-order chi connectivity index (χ0) is 12.3. The lowest BCUT2D eigenvalue weighted by Gasteiger charge is -2.38. The molecule has 94 valence electrons. The van der Waals surface area contributed by atoms with E-state index in [9.17, 15) is 5.11 Å². The monoisotopic (exact) mass is 298 g/mol. The Morgan fingerprint density at radius 2 is 2.18 bits per heavy atom. The predicted molar refractivity (Wildman–Crippen MR) is 72.1 cm³/mol.